The van der Waals surface area contributed by atoms with E-state index in [1.807, 2.05) is 0 Å². The average molecular weight is 182 g/mol. The zero-order valence-electron chi connectivity index (χ0n) is 8.13. The number of carbonyl (C=O) groups is 1. The Bertz CT molecular complexity index is 179. The van der Waals surface area contributed by atoms with Crippen LogP contribution in [0.25, 0.3) is 0 Å². The van der Waals surface area contributed by atoms with E-state index in [1.165, 1.54) is 19.3 Å². The van der Waals surface area contributed by atoms with Crippen LogP contribution in [0.15, 0.2) is 0 Å². The lowest BCUT2D eigenvalue weighted by molar-refractivity contribution is -0.133. The van der Waals surface area contributed by atoms with Gasteiger partial charge < -0.3 is 4.74 Å². The van der Waals surface area contributed by atoms with Crippen molar-refractivity contribution in [3.8, 4) is 0 Å². The van der Waals surface area contributed by atoms with Gasteiger partial charge in [0.2, 0.25) is 0 Å². The van der Waals surface area contributed by atoms with Crippen LogP contribution in [-0.4, -0.2) is 18.5 Å². The SMILES string of the molecule is O=C(CCC1CC1)C1CCCCO1. The third kappa shape index (κ3) is 2.80. The maximum absolute atomic E-state index is 11.6. The van der Waals surface area contributed by atoms with Crippen LogP contribution >= 0.6 is 0 Å². The minimum absolute atomic E-state index is 0.0486. The molecule has 0 aromatic rings. The summed E-state index contributed by atoms with van der Waals surface area (Å²) in [5.41, 5.74) is 0. The molecule has 0 bridgehead atoms. The molecule has 2 rings (SSSR count). The molecule has 74 valence electrons. The number of carbonyl (C=O) groups excluding carboxylic acids is 1. The van der Waals surface area contributed by atoms with Gasteiger partial charge in [0.25, 0.3) is 0 Å². The molecule has 1 heterocycles. The Morgan fingerprint density at radius 1 is 1.23 bits per heavy atom. The molecule has 0 radical (unpaired) electrons. The van der Waals surface area contributed by atoms with E-state index in [0.717, 1.165) is 38.2 Å². The van der Waals surface area contributed by atoms with Gasteiger partial charge in [-0.1, -0.05) is 12.8 Å². The fraction of sp³-hybridized carbons (Fsp3) is 0.909. The lowest BCUT2D eigenvalue weighted by atomic mass is 10.0. The molecule has 1 aliphatic carbocycles. The van der Waals surface area contributed by atoms with Crippen LogP contribution in [0.1, 0.15) is 44.9 Å². The molecule has 0 aromatic carbocycles. The summed E-state index contributed by atoms with van der Waals surface area (Å²) in [7, 11) is 0. The van der Waals surface area contributed by atoms with Crippen molar-refractivity contribution in [2.24, 2.45) is 5.92 Å². The molecule has 1 saturated carbocycles. The predicted octanol–water partition coefficient (Wildman–Crippen LogP) is 2.31. The van der Waals surface area contributed by atoms with Crippen LogP contribution in [-0.2, 0) is 9.53 Å². The summed E-state index contributed by atoms with van der Waals surface area (Å²) >= 11 is 0. The first kappa shape index (κ1) is 9.20. The maximum atomic E-state index is 11.6. The van der Waals surface area contributed by atoms with E-state index in [4.69, 9.17) is 4.74 Å². The predicted molar refractivity (Wildman–Crippen MR) is 50.6 cm³/mol. The first-order valence-corrected chi connectivity index (χ1v) is 5.50. The van der Waals surface area contributed by atoms with E-state index < -0.39 is 0 Å². The molecule has 2 nitrogen and oxygen atoms in total. The van der Waals surface area contributed by atoms with Gasteiger partial charge in [0.1, 0.15) is 6.10 Å². The average Bonchev–Trinajstić information content (AvgIpc) is 2.99. The second-order valence-corrected chi connectivity index (χ2v) is 4.30. The number of hydrogen-bond acceptors (Lipinski definition) is 2. The molecule has 2 heteroatoms. The molecule has 13 heavy (non-hydrogen) atoms. The zero-order chi connectivity index (χ0) is 9.10. The van der Waals surface area contributed by atoms with Gasteiger partial charge in [-0.05, 0) is 31.6 Å². The third-order valence-corrected chi connectivity index (χ3v) is 3.03. The van der Waals surface area contributed by atoms with Gasteiger partial charge in [0.05, 0.1) is 0 Å². The summed E-state index contributed by atoms with van der Waals surface area (Å²) in [5.74, 6) is 1.22. The highest BCUT2D eigenvalue weighted by Crippen LogP contribution is 2.33. The van der Waals surface area contributed by atoms with Gasteiger partial charge >= 0.3 is 0 Å². The van der Waals surface area contributed by atoms with Gasteiger partial charge in [-0.25, -0.2) is 0 Å². The van der Waals surface area contributed by atoms with Crippen LogP contribution in [0, 0.1) is 5.92 Å². The van der Waals surface area contributed by atoms with Crippen molar-refractivity contribution in [1.82, 2.24) is 0 Å². The van der Waals surface area contributed by atoms with E-state index >= 15 is 0 Å². The third-order valence-electron chi connectivity index (χ3n) is 3.03. The molecule has 1 aliphatic heterocycles. The standard InChI is InChI=1S/C11H18O2/c12-10(7-6-9-4-5-9)11-3-1-2-8-13-11/h9,11H,1-8H2. The number of ketones is 1. The van der Waals surface area contributed by atoms with E-state index in [-0.39, 0.29) is 6.10 Å². The normalized spacial score (nSPS) is 28.8. The molecule has 2 aliphatic rings. The molecule has 0 amide bonds. The van der Waals surface area contributed by atoms with Crippen molar-refractivity contribution in [2.75, 3.05) is 6.61 Å². The van der Waals surface area contributed by atoms with Crippen molar-refractivity contribution in [3.63, 3.8) is 0 Å². The highest BCUT2D eigenvalue weighted by atomic mass is 16.5. The molecule has 2 fully saturated rings. The smallest absolute Gasteiger partial charge is 0.161 e. The lowest BCUT2D eigenvalue weighted by Gasteiger charge is -2.21. The summed E-state index contributed by atoms with van der Waals surface area (Å²) in [6.07, 6.45) is 7.77. The van der Waals surface area contributed by atoms with Gasteiger partial charge in [-0.3, -0.25) is 4.79 Å². The topological polar surface area (TPSA) is 26.3 Å². The Morgan fingerprint density at radius 2 is 2.08 bits per heavy atom. The molecule has 1 atom stereocenters. The van der Waals surface area contributed by atoms with E-state index in [0.29, 0.717) is 5.78 Å². The number of ether oxygens (including phenoxy) is 1. The second kappa shape index (κ2) is 4.23. The van der Waals surface area contributed by atoms with Crippen LogP contribution < -0.4 is 0 Å². The van der Waals surface area contributed by atoms with Gasteiger partial charge in [0, 0.05) is 13.0 Å². The number of Topliss-reactive ketones (excluding diaryl/α,β-unsaturated/α-hetero) is 1. The monoisotopic (exact) mass is 182 g/mol. The quantitative estimate of drug-likeness (QED) is 0.667. The van der Waals surface area contributed by atoms with Crippen molar-refractivity contribution in [3.05, 3.63) is 0 Å². The highest BCUT2D eigenvalue weighted by Gasteiger charge is 2.26. The Kier molecular flexibility index (Phi) is 2.99. The molecule has 0 spiro atoms. The van der Waals surface area contributed by atoms with Gasteiger partial charge in [-0.2, -0.15) is 0 Å². The van der Waals surface area contributed by atoms with E-state index in [2.05, 4.69) is 0 Å². The maximum Gasteiger partial charge on any atom is 0.161 e. The Labute approximate surface area is 79.7 Å². The number of rotatable bonds is 4. The zero-order valence-corrected chi connectivity index (χ0v) is 8.13. The summed E-state index contributed by atoms with van der Waals surface area (Å²) in [6.45, 7) is 0.792. The van der Waals surface area contributed by atoms with Crippen LogP contribution in [0.5, 0.6) is 0 Å². The van der Waals surface area contributed by atoms with Crippen molar-refractivity contribution in [2.45, 2.75) is 51.0 Å². The van der Waals surface area contributed by atoms with Crippen LogP contribution in [0.3, 0.4) is 0 Å². The summed E-state index contributed by atoms with van der Waals surface area (Å²) in [6, 6.07) is 0. The molecule has 0 aromatic heterocycles. The molecule has 1 saturated heterocycles. The Morgan fingerprint density at radius 3 is 2.69 bits per heavy atom. The molecular formula is C11H18O2. The lowest BCUT2D eigenvalue weighted by Crippen LogP contribution is -2.28. The Hall–Kier alpha value is -0.370. The fourth-order valence-corrected chi connectivity index (χ4v) is 1.91. The van der Waals surface area contributed by atoms with Gasteiger partial charge in [0.15, 0.2) is 5.78 Å². The summed E-state index contributed by atoms with van der Waals surface area (Å²) in [4.78, 5) is 11.6. The Balaban J connectivity index is 1.67. The largest absolute Gasteiger partial charge is 0.370 e. The number of hydrogen-bond donors (Lipinski definition) is 0. The second-order valence-electron chi connectivity index (χ2n) is 4.30. The van der Waals surface area contributed by atoms with E-state index in [1.54, 1.807) is 0 Å². The van der Waals surface area contributed by atoms with Crippen molar-refractivity contribution in [1.29, 1.82) is 0 Å². The fourth-order valence-electron chi connectivity index (χ4n) is 1.91. The van der Waals surface area contributed by atoms with Crippen molar-refractivity contribution >= 4 is 5.78 Å². The van der Waals surface area contributed by atoms with Crippen LogP contribution in [0.2, 0.25) is 0 Å². The van der Waals surface area contributed by atoms with Crippen LogP contribution in [0.4, 0.5) is 0 Å². The highest BCUT2D eigenvalue weighted by molar-refractivity contribution is 5.83. The minimum atomic E-state index is -0.0486. The first-order chi connectivity index (χ1) is 6.36. The first-order valence-electron chi connectivity index (χ1n) is 5.50. The van der Waals surface area contributed by atoms with Gasteiger partial charge in [-0.15, -0.1) is 0 Å². The molecular weight excluding hydrogens is 164 g/mol. The van der Waals surface area contributed by atoms with E-state index in [9.17, 15) is 4.79 Å². The molecule has 0 N–H and O–H groups in total. The molecule has 1 unspecified atom stereocenters. The minimum Gasteiger partial charge on any atom is -0.370 e. The summed E-state index contributed by atoms with van der Waals surface area (Å²) in [5, 5.41) is 0. The van der Waals surface area contributed by atoms with Crippen molar-refractivity contribution < 1.29 is 9.53 Å². The summed E-state index contributed by atoms with van der Waals surface area (Å²) < 4.78 is 5.44.